The molecule has 3 heteroatoms. The van der Waals surface area contributed by atoms with Crippen molar-refractivity contribution in [1.82, 2.24) is 0 Å². The van der Waals surface area contributed by atoms with Crippen LogP contribution in [0.2, 0.25) is 0 Å². The Kier molecular flexibility index (Phi) is 3.63. The summed E-state index contributed by atoms with van der Waals surface area (Å²) in [6.07, 6.45) is 1.95. The summed E-state index contributed by atoms with van der Waals surface area (Å²) in [5.41, 5.74) is 1.12. The zero-order chi connectivity index (χ0) is 14.3. The molecule has 20 heavy (non-hydrogen) atoms. The number of benzene rings is 3. The van der Waals surface area contributed by atoms with E-state index in [-0.39, 0.29) is 11.6 Å². The molecule has 0 bridgehead atoms. The number of hydrogen-bond donors (Lipinski definition) is 0. The molecule has 0 atom stereocenters. The zero-order valence-corrected chi connectivity index (χ0v) is 13.2. The largest absolute Gasteiger partial charge is 0.206 e. The Balaban J connectivity index is 2.40. The van der Waals surface area contributed by atoms with Crippen molar-refractivity contribution in [3.63, 3.8) is 0 Å². The van der Waals surface area contributed by atoms with Gasteiger partial charge in [0.1, 0.15) is 11.6 Å². The van der Waals surface area contributed by atoms with Gasteiger partial charge >= 0.3 is 0 Å². The first-order valence-electron chi connectivity index (χ1n) is 6.60. The Morgan fingerprint density at radius 2 is 1.60 bits per heavy atom. The molecule has 0 nitrogen and oxygen atoms in total. The molecule has 0 aliphatic rings. The Morgan fingerprint density at radius 1 is 0.900 bits per heavy atom. The minimum absolute atomic E-state index is 0.346. The molecule has 0 radical (unpaired) electrons. The smallest absolute Gasteiger partial charge is 0.144 e. The minimum atomic E-state index is -0.355. The number of fused-ring (bicyclic) bond motifs is 3. The molecule has 0 saturated carbocycles. The van der Waals surface area contributed by atoms with E-state index in [0.29, 0.717) is 14.3 Å². The lowest BCUT2D eigenvalue weighted by atomic mass is 9.98. The van der Waals surface area contributed by atoms with E-state index < -0.39 is 0 Å². The minimum Gasteiger partial charge on any atom is -0.206 e. The van der Waals surface area contributed by atoms with E-state index in [4.69, 9.17) is 0 Å². The first kappa shape index (κ1) is 13.7. The highest BCUT2D eigenvalue weighted by molar-refractivity contribution is 14.1. The van der Waals surface area contributed by atoms with E-state index in [2.05, 4.69) is 6.92 Å². The molecular weight excluding hydrogens is 369 g/mol. The predicted octanol–water partition coefficient (Wildman–Crippen LogP) is 5.83. The van der Waals surface area contributed by atoms with Crippen molar-refractivity contribution in [2.24, 2.45) is 0 Å². The van der Waals surface area contributed by atoms with Crippen LogP contribution in [0.5, 0.6) is 0 Å². The van der Waals surface area contributed by atoms with E-state index in [9.17, 15) is 8.78 Å². The highest BCUT2D eigenvalue weighted by atomic mass is 127. The summed E-state index contributed by atoms with van der Waals surface area (Å²) in [5.74, 6) is -0.701. The summed E-state index contributed by atoms with van der Waals surface area (Å²) in [5, 5.41) is 2.46. The molecule has 0 saturated heterocycles. The summed E-state index contributed by atoms with van der Waals surface area (Å²) < 4.78 is 28.9. The van der Waals surface area contributed by atoms with Gasteiger partial charge in [0.25, 0.3) is 0 Å². The maximum atomic E-state index is 14.3. The molecule has 0 unspecified atom stereocenters. The van der Waals surface area contributed by atoms with Gasteiger partial charge in [-0.2, -0.15) is 0 Å². The van der Waals surface area contributed by atoms with Gasteiger partial charge in [-0.1, -0.05) is 31.5 Å². The van der Waals surface area contributed by atoms with Gasteiger partial charge in [-0.15, -0.1) is 0 Å². The van der Waals surface area contributed by atoms with Crippen LogP contribution in [0.4, 0.5) is 8.78 Å². The zero-order valence-electron chi connectivity index (χ0n) is 11.0. The first-order valence-corrected chi connectivity index (χ1v) is 7.68. The third-order valence-corrected chi connectivity index (χ3v) is 4.41. The fraction of sp³-hybridized carbons (Fsp3) is 0.176. The molecular formula is C17H13F2I. The van der Waals surface area contributed by atoms with Crippen molar-refractivity contribution in [2.75, 3.05) is 0 Å². The van der Waals surface area contributed by atoms with Crippen LogP contribution in [-0.2, 0) is 6.42 Å². The quantitative estimate of drug-likeness (QED) is 0.387. The maximum Gasteiger partial charge on any atom is 0.144 e. The topological polar surface area (TPSA) is 0 Å². The lowest BCUT2D eigenvalue weighted by molar-refractivity contribution is 0.624. The van der Waals surface area contributed by atoms with E-state index >= 15 is 0 Å². The molecule has 3 rings (SSSR count). The fourth-order valence-corrected chi connectivity index (χ4v) is 3.09. The lowest BCUT2D eigenvalue weighted by Crippen LogP contribution is -1.91. The molecule has 0 aliphatic carbocycles. The Morgan fingerprint density at radius 3 is 2.35 bits per heavy atom. The number of aryl methyl sites for hydroxylation is 1. The number of rotatable bonds is 2. The summed E-state index contributed by atoms with van der Waals surface area (Å²) in [6, 6.07) is 10.7. The van der Waals surface area contributed by atoms with Crippen molar-refractivity contribution in [2.45, 2.75) is 19.8 Å². The highest BCUT2D eigenvalue weighted by Crippen LogP contribution is 2.32. The summed E-state index contributed by atoms with van der Waals surface area (Å²) in [6.45, 7) is 2.10. The molecule has 0 N–H and O–H groups in total. The van der Waals surface area contributed by atoms with E-state index in [1.54, 1.807) is 6.07 Å². The Hall–Kier alpha value is -1.23. The SMILES string of the molecule is CCCc1ccc2c(c1)c(F)cc1c(F)c(I)ccc12. The van der Waals surface area contributed by atoms with E-state index in [0.717, 1.165) is 29.2 Å². The monoisotopic (exact) mass is 382 g/mol. The van der Waals surface area contributed by atoms with Crippen LogP contribution >= 0.6 is 22.6 Å². The third kappa shape index (κ3) is 2.18. The molecule has 0 heterocycles. The van der Waals surface area contributed by atoms with E-state index in [1.165, 1.54) is 6.07 Å². The molecule has 0 fully saturated rings. The van der Waals surface area contributed by atoms with Crippen LogP contribution in [0.1, 0.15) is 18.9 Å². The molecule has 3 aromatic rings. The van der Waals surface area contributed by atoms with Gasteiger partial charge in [0.05, 0.1) is 0 Å². The molecule has 0 aliphatic heterocycles. The molecule has 3 aromatic carbocycles. The number of hydrogen-bond acceptors (Lipinski definition) is 0. The van der Waals surface area contributed by atoms with Crippen LogP contribution in [0.25, 0.3) is 21.5 Å². The van der Waals surface area contributed by atoms with Crippen molar-refractivity contribution in [3.05, 3.63) is 57.2 Å². The van der Waals surface area contributed by atoms with Gasteiger partial charge in [-0.05, 0) is 63.5 Å². The Labute approximate surface area is 129 Å². The predicted molar refractivity (Wildman–Crippen MR) is 88.1 cm³/mol. The van der Waals surface area contributed by atoms with Gasteiger partial charge < -0.3 is 0 Å². The van der Waals surface area contributed by atoms with Gasteiger partial charge in [0.2, 0.25) is 0 Å². The van der Waals surface area contributed by atoms with Crippen molar-refractivity contribution < 1.29 is 8.78 Å². The average Bonchev–Trinajstić information content (AvgIpc) is 2.44. The Bertz CT molecular complexity index is 809. The first-order chi connectivity index (χ1) is 9.61. The molecule has 0 amide bonds. The van der Waals surface area contributed by atoms with Crippen LogP contribution in [0, 0.1) is 15.2 Å². The summed E-state index contributed by atoms with van der Waals surface area (Å²) >= 11 is 1.93. The second-order valence-corrected chi connectivity index (χ2v) is 6.11. The summed E-state index contributed by atoms with van der Waals surface area (Å²) in [7, 11) is 0. The lowest BCUT2D eigenvalue weighted by Gasteiger charge is -2.09. The standard InChI is InChI=1S/C17H13F2I/c1-2-3-10-4-5-11-12-6-7-16(20)17(19)14(12)9-15(18)13(11)8-10/h4-9H,2-3H2,1H3. The third-order valence-electron chi connectivity index (χ3n) is 3.57. The fourth-order valence-electron chi connectivity index (χ4n) is 2.61. The van der Waals surface area contributed by atoms with Crippen molar-refractivity contribution >= 4 is 44.1 Å². The van der Waals surface area contributed by atoms with Crippen LogP contribution < -0.4 is 0 Å². The van der Waals surface area contributed by atoms with E-state index in [1.807, 2.05) is 46.9 Å². The van der Waals surface area contributed by atoms with Gasteiger partial charge in [-0.3, -0.25) is 0 Å². The highest BCUT2D eigenvalue weighted by Gasteiger charge is 2.12. The second kappa shape index (κ2) is 5.28. The average molecular weight is 382 g/mol. The number of halogens is 3. The maximum absolute atomic E-state index is 14.3. The van der Waals surface area contributed by atoms with Crippen LogP contribution in [-0.4, -0.2) is 0 Å². The molecule has 102 valence electrons. The van der Waals surface area contributed by atoms with Gasteiger partial charge in [0, 0.05) is 14.3 Å². The van der Waals surface area contributed by atoms with Crippen molar-refractivity contribution in [1.29, 1.82) is 0 Å². The van der Waals surface area contributed by atoms with Crippen LogP contribution in [0.3, 0.4) is 0 Å². The van der Waals surface area contributed by atoms with Gasteiger partial charge in [0.15, 0.2) is 0 Å². The van der Waals surface area contributed by atoms with Crippen molar-refractivity contribution in [3.8, 4) is 0 Å². The summed E-state index contributed by atoms with van der Waals surface area (Å²) in [4.78, 5) is 0. The molecule has 0 aromatic heterocycles. The van der Waals surface area contributed by atoms with Gasteiger partial charge in [-0.25, -0.2) is 8.78 Å². The van der Waals surface area contributed by atoms with Crippen LogP contribution in [0.15, 0.2) is 36.4 Å². The molecule has 0 spiro atoms. The second-order valence-electron chi connectivity index (χ2n) is 4.94. The normalized spacial score (nSPS) is 11.4.